The van der Waals surface area contributed by atoms with E-state index >= 15 is 0 Å². The maximum absolute atomic E-state index is 5.89. The Hall–Kier alpha value is -0.940. The van der Waals surface area contributed by atoms with Gasteiger partial charge in [-0.1, -0.05) is 20.8 Å². The highest BCUT2D eigenvalue weighted by Crippen LogP contribution is 2.31. The van der Waals surface area contributed by atoms with Gasteiger partial charge in [-0.2, -0.15) is 0 Å². The van der Waals surface area contributed by atoms with Crippen molar-refractivity contribution >= 4 is 0 Å². The van der Waals surface area contributed by atoms with E-state index < -0.39 is 0 Å². The lowest BCUT2D eigenvalue weighted by Crippen LogP contribution is -2.37. The number of likely N-dealkylation sites (tertiary alicyclic amines) is 1. The minimum absolute atomic E-state index is 0.0652. The molecule has 0 amide bonds. The normalized spacial score (nSPS) is 26.2. The molecule has 0 spiro atoms. The summed E-state index contributed by atoms with van der Waals surface area (Å²) in [6.45, 7) is 10.3. The van der Waals surface area contributed by atoms with E-state index in [0.717, 1.165) is 57.3 Å². The van der Waals surface area contributed by atoms with E-state index in [1.165, 1.54) is 0 Å². The molecule has 2 fully saturated rings. The van der Waals surface area contributed by atoms with Crippen LogP contribution in [0.25, 0.3) is 0 Å². The lowest BCUT2D eigenvalue weighted by atomic mass is 9.97. The van der Waals surface area contributed by atoms with Gasteiger partial charge in [-0.3, -0.25) is 4.90 Å². The van der Waals surface area contributed by atoms with Gasteiger partial charge in [0.2, 0.25) is 11.8 Å². The lowest BCUT2D eigenvalue weighted by Gasteiger charge is -2.30. The number of hydrogen-bond acceptors (Lipinski definition) is 5. The molecule has 0 N–H and O–H groups in total. The van der Waals surface area contributed by atoms with Gasteiger partial charge in [-0.15, -0.1) is 10.2 Å². The van der Waals surface area contributed by atoms with Gasteiger partial charge in [0, 0.05) is 31.2 Å². The van der Waals surface area contributed by atoms with Gasteiger partial charge < -0.3 is 9.15 Å². The smallest absolute Gasteiger partial charge is 0.221 e. The van der Waals surface area contributed by atoms with Crippen molar-refractivity contribution < 1.29 is 9.15 Å². The largest absolute Gasteiger partial charge is 0.424 e. The van der Waals surface area contributed by atoms with Crippen LogP contribution >= 0.6 is 0 Å². The Morgan fingerprint density at radius 1 is 1.10 bits per heavy atom. The topological polar surface area (TPSA) is 51.4 Å². The fourth-order valence-electron chi connectivity index (χ4n) is 3.07. The van der Waals surface area contributed by atoms with Gasteiger partial charge in [-0.05, 0) is 25.8 Å². The molecule has 5 nitrogen and oxygen atoms in total. The molecular formula is C15H25N3O2. The molecule has 3 rings (SSSR count). The van der Waals surface area contributed by atoms with E-state index in [1.54, 1.807) is 0 Å². The molecule has 2 saturated heterocycles. The van der Waals surface area contributed by atoms with E-state index in [1.807, 2.05) is 0 Å². The lowest BCUT2D eigenvalue weighted by molar-refractivity contribution is 0.0417. The minimum Gasteiger partial charge on any atom is -0.424 e. The Morgan fingerprint density at radius 3 is 2.50 bits per heavy atom. The number of rotatable bonds is 2. The van der Waals surface area contributed by atoms with Gasteiger partial charge in [0.15, 0.2) is 0 Å². The van der Waals surface area contributed by atoms with Crippen molar-refractivity contribution in [3.8, 4) is 0 Å². The predicted molar refractivity (Wildman–Crippen MR) is 75.8 cm³/mol. The highest BCUT2D eigenvalue weighted by molar-refractivity contribution is 5.02. The summed E-state index contributed by atoms with van der Waals surface area (Å²) in [5.74, 6) is 1.97. The number of hydrogen-bond donors (Lipinski definition) is 0. The van der Waals surface area contributed by atoms with Crippen molar-refractivity contribution in [2.45, 2.75) is 57.4 Å². The zero-order valence-corrected chi connectivity index (χ0v) is 12.8. The summed E-state index contributed by atoms with van der Waals surface area (Å²) in [5, 5.41) is 8.49. The van der Waals surface area contributed by atoms with E-state index in [4.69, 9.17) is 9.15 Å². The van der Waals surface area contributed by atoms with Crippen LogP contribution < -0.4 is 0 Å². The van der Waals surface area contributed by atoms with E-state index in [2.05, 4.69) is 35.9 Å². The highest BCUT2D eigenvalue weighted by atomic mass is 16.5. The van der Waals surface area contributed by atoms with E-state index in [-0.39, 0.29) is 5.41 Å². The molecule has 0 aliphatic carbocycles. The van der Waals surface area contributed by atoms with Crippen molar-refractivity contribution in [3.05, 3.63) is 11.8 Å². The third kappa shape index (κ3) is 2.88. The van der Waals surface area contributed by atoms with Crippen LogP contribution in [0.2, 0.25) is 0 Å². The molecule has 0 aromatic carbocycles. The van der Waals surface area contributed by atoms with E-state index in [9.17, 15) is 0 Å². The van der Waals surface area contributed by atoms with Crippen molar-refractivity contribution in [2.75, 3.05) is 26.3 Å². The van der Waals surface area contributed by atoms with Crippen LogP contribution in [0.5, 0.6) is 0 Å². The fourth-order valence-corrected chi connectivity index (χ4v) is 3.07. The Morgan fingerprint density at radius 2 is 1.85 bits per heavy atom. The molecule has 0 unspecified atom stereocenters. The van der Waals surface area contributed by atoms with Gasteiger partial charge in [-0.25, -0.2) is 0 Å². The summed E-state index contributed by atoms with van der Waals surface area (Å²) in [6.07, 6.45) is 3.44. The molecule has 1 atom stereocenters. The predicted octanol–water partition coefficient (Wildman–Crippen LogP) is 2.34. The minimum atomic E-state index is -0.0652. The molecule has 0 radical (unpaired) electrons. The molecule has 2 aliphatic heterocycles. The third-order valence-electron chi connectivity index (χ3n) is 4.36. The molecule has 0 saturated carbocycles. The molecule has 5 heteroatoms. The molecular weight excluding hydrogens is 254 g/mol. The standard InChI is InChI=1S/C15H25N3O2/c1-15(2,3)14-17-16-13(20-14)11-4-7-18(10-11)12-5-8-19-9-6-12/h11-12H,4-10H2,1-3H3/t11-/m0/s1. The quantitative estimate of drug-likeness (QED) is 0.831. The average molecular weight is 279 g/mol. The molecule has 1 aromatic heterocycles. The number of nitrogens with zero attached hydrogens (tertiary/aromatic N) is 3. The second kappa shape index (κ2) is 5.45. The SMILES string of the molecule is CC(C)(C)c1nnc([C@H]2CCN(C3CCOCC3)C2)o1. The van der Waals surface area contributed by atoms with Crippen LogP contribution in [0.15, 0.2) is 4.42 Å². The number of ether oxygens (including phenoxy) is 1. The van der Waals surface area contributed by atoms with Crippen molar-refractivity contribution in [3.63, 3.8) is 0 Å². The molecule has 20 heavy (non-hydrogen) atoms. The summed E-state index contributed by atoms with van der Waals surface area (Å²) < 4.78 is 11.3. The first-order valence-electron chi connectivity index (χ1n) is 7.70. The summed E-state index contributed by atoms with van der Waals surface area (Å²) in [6, 6.07) is 0.679. The van der Waals surface area contributed by atoms with Crippen molar-refractivity contribution in [2.24, 2.45) is 0 Å². The fraction of sp³-hybridized carbons (Fsp3) is 0.867. The van der Waals surface area contributed by atoms with Crippen LogP contribution in [0, 0.1) is 0 Å². The van der Waals surface area contributed by atoms with Gasteiger partial charge >= 0.3 is 0 Å². The zero-order valence-electron chi connectivity index (χ0n) is 12.8. The molecule has 0 bridgehead atoms. The maximum Gasteiger partial charge on any atom is 0.221 e. The molecule has 3 heterocycles. The van der Waals surface area contributed by atoms with Crippen LogP contribution in [0.1, 0.15) is 57.7 Å². The molecule has 1 aromatic rings. The Labute approximate surface area is 120 Å². The molecule has 112 valence electrons. The van der Waals surface area contributed by atoms with Crippen molar-refractivity contribution in [1.82, 2.24) is 15.1 Å². The first-order valence-corrected chi connectivity index (χ1v) is 7.70. The van der Waals surface area contributed by atoms with Crippen LogP contribution in [0.4, 0.5) is 0 Å². The summed E-state index contributed by atoms with van der Waals surface area (Å²) in [7, 11) is 0. The van der Waals surface area contributed by atoms with E-state index in [0.29, 0.717) is 12.0 Å². The first-order chi connectivity index (χ1) is 9.54. The Balaban J connectivity index is 1.63. The Bertz CT molecular complexity index is 446. The highest BCUT2D eigenvalue weighted by Gasteiger charge is 2.33. The monoisotopic (exact) mass is 279 g/mol. The number of aromatic nitrogens is 2. The van der Waals surface area contributed by atoms with Gasteiger partial charge in [0.1, 0.15) is 0 Å². The third-order valence-corrected chi connectivity index (χ3v) is 4.36. The second-order valence-corrected chi connectivity index (χ2v) is 7.02. The molecule has 2 aliphatic rings. The average Bonchev–Trinajstić information content (AvgIpc) is 3.08. The first kappa shape index (κ1) is 14.0. The maximum atomic E-state index is 5.89. The van der Waals surface area contributed by atoms with Crippen LogP contribution in [0.3, 0.4) is 0 Å². The van der Waals surface area contributed by atoms with Crippen molar-refractivity contribution in [1.29, 1.82) is 0 Å². The summed E-state index contributed by atoms with van der Waals surface area (Å²) in [4.78, 5) is 2.58. The zero-order chi connectivity index (χ0) is 14.2. The Kier molecular flexibility index (Phi) is 3.82. The summed E-state index contributed by atoms with van der Waals surface area (Å²) >= 11 is 0. The van der Waals surface area contributed by atoms with Crippen LogP contribution in [-0.4, -0.2) is 47.4 Å². The van der Waals surface area contributed by atoms with Gasteiger partial charge in [0.25, 0.3) is 0 Å². The summed E-state index contributed by atoms with van der Waals surface area (Å²) in [5.41, 5.74) is -0.0652. The van der Waals surface area contributed by atoms with Crippen LogP contribution in [-0.2, 0) is 10.2 Å². The second-order valence-electron chi connectivity index (χ2n) is 7.02. The van der Waals surface area contributed by atoms with Gasteiger partial charge in [0.05, 0.1) is 5.92 Å².